The van der Waals surface area contributed by atoms with Crippen molar-refractivity contribution in [3.05, 3.63) is 23.8 Å². The van der Waals surface area contributed by atoms with E-state index in [1.54, 1.807) is 21.8 Å². The van der Waals surface area contributed by atoms with E-state index >= 15 is 0 Å². The maximum absolute atomic E-state index is 11.5. The van der Waals surface area contributed by atoms with Crippen molar-refractivity contribution in [1.29, 1.82) is 0 Å². The summed E-state index contributed by atoms with van der Waals surface area (Å²) in [6.45, 7) is 6.89. The molecule has 2 unspecified atom stereocenters. The highest BCUT2D eigenvalue weighted by Gasteiger charge is 2.26. The number of hydrogen-bond acceptors (Lipinski definition) is 4. The summed E-state index contributed by atoms with van der Waals surface area (Å²) >= 11 is 0. The molecule has 126 valence electrons. The number of nitrogens with zero attached hydrogens (tertiary/aromatic N) is 1. The van der Waals surface area contributed by atoms with Crippen molar-refractivity contribution in [2.24, 2.45) is 11.8 Å². The van der Waals surface area contributed by atoms with Crippen molar-refractivity contribution < 1.29 is 24.5 Å². The number of rotatable bonds is 5. The molecule has 1 aliphatic rings. The number of carboxylic acids is 1. The second-order valence-electron chi connectivity index (χ2n) is 5.95. The monoisotopic (exact) mass is 339 g/mol. The van der Waals surface area contributed by atoms with E-state index in [0.717, 1.165) is 0 Å². The molecule has 1 aliphatic heterocycles. The number of anilines is 1. The largest absolute Gasteiger partial charge is 0.492 e. The van der Waals surface area contributed by atoms with Gasteiger partial charge in [0.15, 0.2) is 0 Å². The second-order valence-corrected chi connectivity index (χ2v) is 7.64. The van der Waals surface area contributed by atoms with Crippen LogP contribution >= 0.6 is 10.7 Å². The minimum atomic E-state index is -1.09. The maximum Gasteiger partial charge on any atom is 0.377 e. The third-order valence-electron chi connectivity index (χ3n) is 3.29. The molecule has 0 saturated carbocycles. The number of carbonyl (C=O) groups is 2. The van der Waals surface area contributed by atoms with Gasteiger partial charge >= 0.3 is 11.3 Å². The zero-order valence-electron chi connectivity index (χ0n) is 13.4. The average molecular weight is 339 g/mol. The van der Waals surface area contributed by atoms with Gasteiger partial charge in [0.2, 0.25) is 0 Å². The van der Waals surface area contributed by atoms with E-state index < -0.39 is 21.9 Å². The Hall–Kier alpha value is -2.02. The summed E-state index contributed by atoms with van der Waals surface area (Å²) in [5, 5.41) is 19.6. The van der Waals surface area contributed by atoms with Crippen LogP contribution in [0.25, 0.3) is 0 Å². The van der Waals surface area contributed by atoms with E-state index in [1.807, 2.05) is 20.8 Å². The lowest BCUT2D eigenvalue weighted by Gasteiger charge is -2.22. The molecule has 2 atom stereocenters. The molecule has 0 saturated heterocycles. The van der Waals surface area contributed by atoms with Gasteiger partial charge in [-0.1, -0.05) is 20.8 Å². The second kappa shape index (κ2) is 7.04. The minimum Gasteiger partial charge on any atom is -0.492 e. The van der Waals surface area contributed by atoms with E-state index in [1.165, 1.54) is 6.07 Å². The summed E-state index contributed by atoms with van der Waals surface area (Å²) in [5.41, 5.74) is 0.641. The Kier molecular flexibility index (Phi) is 5.30. The van der Waals surface area contributed by atoms with Gasteiger partial charge in [0.05, 0.1) is 6.61 Å². The van der Waals surface area contributed by atoms with Crippen LogP contribution < -0.4 is 9.04 Å². The van der Waals surface area contributed by atoms with E-state index in [4.69, 9.17) is 4.74 Å². The van der Waals surface area contributed by atoms with Gasteiger partial charge in [-0.15, -0.1) is 0 Å². The van der Waals surface area contributed by atoms with Gasteiger partial charge in [0.1, 0.15) is 11.3 Å². The van der Waals surface area contributed by atoms with E-state index in [0.29, 0.717) is 24.6 Å². The number of carboxylic acid groups (broad SMARTS) is 2. The zero-order chi connectivity index (χ0) is 17.1. The molecule has 6 nitrogen and oxygen atoms in total. The van der Waals surface area contributed by atoms with Crippen molar-refractivity contribution in [2.45, 2.75) is 20.8 Å². The molecule has 2 rings (SSSR count). The van der Waals surface area contributed by atoms with E-state index in [2.05, 4.69) is 0 Å². The highest BCUT2D eigenvalue weighted by molar-refractivity contribution is 8.28. The Morgan fingerprint density at radius 1 is 1.39 bits per heavy atom. The summed E-state index contributed by atoms with van der Waals surface area (Å²) in [7, 11) is -1.05. The van der Waals surface area contributed by atoms with Crippen LogP contribution in [0.15, 0.2) is 18.2 Å². The molecule has 0 amide bonds. The van der Waals surface area contributed by atoms with Crippen molar-refractivity contribution in [1.82, 2.24) is 0 Å². The van der Waals surface area contributed by atoms with Crippen LogP contribution in [0.1, 0.15) is 31.1 Å². The number of hydrogen-bond donors (Lipinski definition) is 2. The summed E-state index contributed by atoms with van der Waals surface area (Å²) in [4.78, 5) is 22.9. The molecule has 1 aromatic carbocycles. The minimum absolute atomic E-state index is 0.0524. The number of ether oxygens (including phenoxy) is 1. The predicted molar refractivity (Wildman–Crippen MR) is 91.9 cm³/mol. The van der Waals surface area contributed by atoms with Gasteiger partial charge in [-0.25, -0.2) is 9.59 Å². The molecule has 1 heterocycles. The topological polar surface area (TPSA) is 87.1 Å². The van der Waals surface area contributed by atoms with Crippen LogP contribution in [0.2, 0.25) is 0 Å². The van der Waals surface area contributed by atoms with Crippen LogP contribution in [0, 0.1) is 11.8 Å². The third kappa shape index (κ3) is 4.04. The van der Waals surface area contributed by atoms with Crippen LogP contribution in [-0.4, -0.2) is 40.0 Å². The molecule has 0 aliphatic carbocycles. The zero-order valence-corrected chi connectivity index (χ0v) is 14.2. The molecule has 0 spiro atoms. The number of benzene rings is 1. The molecule has 1 aromatic rings. The fraction of sp³-hybridized carbons (Fsp3) is 0.438. The lowest BCUT2D eigenvalue weighted by molar-refractivity contribution is 0.0691. The lowest BCUT2D eigenvalue weighted by Crippen LogP contribution is -2.19. The molecule has 23 heavy (non-hydrogen) atoms. The summed E-state index contributed by atoms with van der Waals surface area (Å²) in [6, 6.07) is 4.82. The quantitative estimate of drug-likeness (QED) is 0.798. The molecular weight excluding hydrogens is 318 g/mol. The fourth-order valence-electron chi connectivity index (χ4n) is 2.27. The van der Waals surface area contributed by atoms with E-state index in [9.17, 15) is 19.8 Å². The molecule has 7 heteroatoms. The van der Waals surface area contributed by atoms with Crippen LogP contribution in [0.5, 0.6) is 5.75 Å². The molecule has 0 bridgehead atoms. The summed E-state index contributed by atoms with van der Waals surface area (Å²) in [5.74, 6) is -0.360. The Balaban J connectivity index is 2.34. The van der Waals surface area contributed by atoms with Crippen molar-refractivity contribution in [3.8, 4) is 5.75 Å². The van der Waals surface area contributed by atoms with Gasteiger partial charge in [0, 0.05) is 28.8 Å². The van der Waals surface area contributed by atoms with Crippen molar-refractivity contribution >= 4 is 33.0 Å². The van der Waals surface area contributed by atoms with Crippen molar-refractivity contribution in [3.63, 3.8) is 0 Å². The Bertz CT molecular complexity index is 656. The molecule has 0 radical (unpaired) electrons. The molecule has 0 fully saturated rings. The van der Waals surface area contributed by atoms with Gasteiger partial charge < -0.3 is 19.3 Å². The molecule has 0 aromatic heterocycles. The van der Waals surface area contributed by atoms with Crippen molar-refractivity contribution in [2.75, 3.05) is 17.5 Å². The fourth-order valence-corrected chi connectivity index (χ4v) is 3.99. The SMILES string of the molecule is CC(C)COc1ccc(N2CC(C)C=S2C(=O)O)cc1C(=O)O. The average Bonchev–Trinajstić information content (AvgIpc) is 2.87. The highest BCUT2D eigenvalue weighted by Crippen LogP contribution is 2.36. The maximum atomic E-state index is 11.5. The van der Waals surface area contributed by atoms with Gasteiger partial charge in [-0.2, -0.15) is 0 Å². The Labute approximate surface area is 137 Å². The van der Waals surface area contributed by atoms with Crippen LogP contribution in [-0.2, 0) is 0 Å². The van der Waals surface area contributed by atoms with Gasteiger partial charge in [-0.05, 0) is 29.5 Å². The Morgan fingerprint density at radius 2 is 2.09 bits per heavy atom. The summed E-state index contributed by atoms with van der Waals surface area (Å²) < 4.78 is 7.28. The van der Waals surface area contributed by atoms with E-state index in [-0.39, 0.29) is 17.4 Å². The first-order valence-corrected chi connectivity index (χ1v) is 8.63. The standard InChI is InChI=1S/C16H21NO5S/c1-10(2)8-22-14-5-4-12(6-13(14)15(18)19)17-7-11(3)9-23(17)16(20)21/h4-6,9-11H,7-8H2,1-3H3,(H,18,19)(H,20,21). The molecular formula is C16H21NO5S. The van der Waals surface area contributed by atoms with Gasteiger partial charge in [-0.3, -0.25) is 0 Å². The first kappa shape index (κ1) is 17.3. The molecule has 2 N–H and O–H groups in total. The normalized spacial score (nSPS) is 20.4. The smallest absolute Gasteiger partial charge is 0.377 e. The van der Waals surface area contributed by atoms with Gasteiger partial charge in [0.25, 0.3) is 0 Å². The Morgan fingerprint density at radius 3 is 2.65 bits per heavy atom. The first-order chi connectivity index (χ1) is 10.8. The lowest BCUT2D eigenvalue weighted by atomic mass is 10.1. The first-order valence-electron chi connectivity index (χ1n) is 7.38. The summed E-state index contributed by atoms with van der Waals surface area (Å²) in [6.07, 6.45) is 0. The predicted octanol–water partition coefficient (Wildman–Crippen LogP) is 3.54. The van der Waals surface area contributed by atoms with Crippen LogP contribution in [0.3, 0.4) is 0 Å². The third-order valence-corrected chi connectivity index (χ3v) is 5.20. The number of aromatic carboxylic acids is 1. The van der Waals surface area contributed by atoms with Crippen LogP contribution in [0.4, 0.5) is 10.5 Å². The highest BCUT2D eigenvalue weighted by atomic mass is 32.2.